The number of anilines is 1. The van der Waals surface area contributed by atoms with Gasteiger partial charge in [-0.2, -0.15) is 0 Å². The van der Waals surface area contributed by atoms with Gasteiger partial charge in [0.2, 0.25) is 0 Å². The fourth-order valence-electron chi connectivity index (χ4n) is 2.39. The van der Waals surface area contributed by atoms with Gasteiger partial charge in [-0.25, -0.2) is 0 Å². The number of methoxy groups -OCH3 is 1. The highest BCUT2D eigenvalue weighted by Gasteiger charge is 2.21. The molecular formula is C18H20N2O5. The Kier molecular flexibility index (Phi) is 5.59. The van der Waals surface area contributed by atoms with Gasteiger partial charge >= 0.3 is 0 Å². The van der Waals surface area contributed by atoms with Crippen LogP contribution in [0.15, 0.2) is 36.4 Å². The van der Waals surface area contributed by atoms with E-state index < -0.39 is 16.9 Å². The van der Waals surface area contributed by atoms with Crippen molar-refractivity contribution in [3.05, 3.63) is 57.6 Å². The normalized spacial score (nSPS) is 11.5. The molecule has 1 unspecified atom stereocenters. The van der Waals surface area contributed by atoms with Crippen molar-refractivity contribution in [2.24, 2.45) is 0 Å². The maximum Gasteiger partial charge on any atom is 0.296 e. The monoisotopic (exact) mass is 344 g/mol. The molecule has 2 aromatic rings. The van der Waals surface area contributed by atoms with E-state index in [4.69, 9.17) is 9.47 Å². The summed E-state index contributed by atoms with van der Waals surface area (Å²) in [6, 6.07) is 9.87. The molecule has 25 heavy (non-hydrogen) atoms. The molecule has 1 amide bonds. The smallest absolute Gasteiger partial charge is 0.296 e. The standard InChI is InChI=1S/C18H20N2O5/c1-11-7-12(2)9-15(8-11)25-13(3)18(21)19-16-6-5-14(24-4)10-17(16)20(22)23/h5-10,13H,1-4H3,(H,19,21). The Morgan fingerprint density at radius 3 is 2.32 bits per heavy atom. The molecule has 7 heteroatoms. The minimum absolute atomic E-state index is 0.0895. The van der Waals surface area contributed by atoms with Gasteiger partial charge < -0.3 is 14.8 Å². The number of hydrogen-bond donors (Lipinski definition) is 1. The van der Waals surface area contributed by atoms with Crippen molar-refractivity contribution in [3.63, 3.8) is 0 Å². The van der Waals surface area contributed by atoms with Crippen LogP contribution in [0.2, 0.25) is 0 Å². The summed E-state index contributed by atoms with van der Waals surface area (Å²) in [5, 5.41) is 13.7. The first-order valence-corrected chi connectivity index (χ1v) is 7.68. The van der Waals surface area contributed by atoms with Crippen molar-refractivity contribution >= 4 is 17.3 Å². The van der Waals surface area contributed by atoms with E-state index in [9.17, 15) is 14.9 Å². The van der Waals surface area contributed by atoms with E-state index in [1.165, 1.54) is 25.3 Å². The van der Waals surface area contributed by atoms with Crippen LogP contribution in [0.25, 0.3) is 0 Å². The summed E-state index contributed by atoms with van der Waals surface area (Å²) >= 11 is 0. The molecule has 0 aromatic heterocycles. The summed E-state index contributed by atoms with van der Waals surface area (Å²) < 4.78 is 10.6. The van der Waals surface area contributed by atoms with Crippen molar-refractivity contribution in [2.75, 3.05) is 12.4 Å². The van der Waals surface area contributed by atoms with Gasteiger partial charge in [-0.1, -0.05) is 6.07 Å². The molecule has 0 radical (unpaired) electrons. The molecule has 0 aliphatic rings. The van der Waals surface area contributed by atoms with Crippen LogP contribution in [-0.2, 0) is 4.79 Å². The molecule has 1 N–H and O–H groups in total. The average Bonchev–Trinajstić information content (AvgIpc) is 2.53. The molecule has 0 saturated carbocycles. The maximum atomic E-state index is 12.3. The van der Waals surface area contributed by atoms with Crippen LogP contribution in [0.1, 0.15) is 18.1 Å². The lowest BCUT2D eigenvalue weighted by atomic mass is 10.1. The number of amides is 1. The third-order valence-electron chi connectivity index (χ3n) is 3.54. The van der Waals surface area contributed by atoms with Gasteiger partial charge in [0.1, 0.15) is 17.2 Å². The number of nitro groups is 1. The van der Waals surface area contributed by atoms with Gasteiger partial charge in [0, 0.05) is 0 Å². The molecule has 0 aliphatic heterocycles. The van der Waals surface area contributed by atoms with E-state index in [2.05, 4.69) is 5.32 Å². The van der Waals surface area contributed by atoms with Crippen LogP contribution in [0.3, 0.4) is 0 Å². The fourth-order valence-corrected chi connectivity index (χ4v) is 2.39. The van der Waals surface area contributed by atoms with Crippen LogP contribution >= 0.6 is 0 Å². The van der Waals surface area contributed by atoms with Crippen LogP contribution in [0.5, 0.6) is 11.5 Å². The number of ether oxygens (including phenoxy) is 2. The minimum atomic E-state index is -0.817. The van der Waals surface area contributed by atoms with Gasteiger partial charge in [0.25, 0.3) is 11.6 Å². The second-order valence-corrected chi connectivity index (χ2v) is 5.71. The Labute approximate surface area is 145 Å². The maximum absolute atomic E-state index is 12.3. The molecule has 2 aromatic carbocycles. The summed E-state index contributed by atoms with van der Waals surface area (Å²) in [5.41, 5.74) is 1.89. The summed E-state index contributed by atoms with van der Waals surface area (Å²) in [6.45, 7) is 5.46. The lowest BCUT2D eigenvalue weighted by molar-refractivity contribution is -0.384. The third-order valence-corrected chi connectivity index (χ3v) is 3.54. The molecule has 0 aliphatic carbocycles. The molecule has 0 fully saturated rings. The zero-order valence-corrected chi connectivity index (χ0v) is 14.5. The van der Waals surface area contributed by atoms with Crippen LogP contribution < -0.4 is 14.8 Å². The topological polar surface area (TPSA) is 90.7 Å². The third kappa shape index (κ3) is 4.69. The number of rotatable bonds is 6. The van der Waals surface area contributed by atoms with Gasteiger partial charge in [0.15, 0.2) is 6.10 Å². The predicted molar refractivity (Wildman–Crippen MR) is 94.3 cm³/mol. The van der Waals surface area contributed by atoms with E-state index in [1.54, 1.807) is 6.92 Å². The Hall–Kier alpha value is -3.09. The quantitative estimate of drug-likeness (QED) is 0.638. The van der Waals surface area contributed by atoms with Crippen LogP contribution in [0, 0.1) is 24.0 Å². The highest BCUT2D eigenvalue weighted by Crippen LogP contribution is 2.29. The zero-order valence-electron chi connectivity index (χ0n) is 14.5. The number of carbonyl (C=O) groups is 1. The number of carbonyl (C=O) groups excluding carboxylic acids is 1. The van der Waals surface area contributed by atoms with Gasteiger partial charge in [-0.05, 0) is 56.2 Å². The molecule has 0 saturated heterocycles. The van der Waals surface area contributed by atoms with Crippen molar-refractivity contribution < 1.29 is 19.2 Å². The zero-order chi connectivity index (χ0) is 18.6. The summed E-state index contributed by atoms with van der Waals surface area (Å²) in [5.74, 6) is 0.432. The van der Waals surface area contributed by atoms with Gasteiger partial charge in [0.05, 0.1) is 18.1 Å². The molecule has 0 heterocycles. The largest absolute Gasteiger partial charge is 0.496 e. The molecule has 0 bridgehead atoms. The number of benzene rings is 2. The molecule has 0 spiro atoms. The van der Waals surface area contributed by atoms with Crippen molar-refractivity contribution in [3.8, 4) is 11.5 Å². The SMILES string of the molecule is COc1ccc(NC(=O)C(C)Oc2cc(C)cc(C)c2)c([N+](=O)[O-])c1. The summed E-state index contributed by atoms with van der Waals surface area (Å²) in [7, 11) is 1.41. The highest BCUT2D eigenvalue weighted by atomic mass is 16.6. The van der Waals surface area contributed by atoms with Gasteiger partial charge in [-0.3, -0.25) is 14.9 Å². The van der Waals surface area contributed by atoms with Gasteiger partial charge in [-0.15, -0.1) is 0 Å². The lowest BCUT2D eigenvalue weighted by Gasteiger charge is -2.16. The Morgan fingerprint density at radius 1 is 1.12 bits per heavy atom. The second-order valence-electron chi connectivity index (χ2n) is 5.71. The van der Waals surface area contributed by atoms with Crippen molar-refractivity contribution in [1.29, 1.82) is 0 Å². The first-order chi connectivity index (χ1) is 11.8. The molecule has 132 valence electrons. The van der Waals surface area contributed by atoms with Crippen LogP contribution in [-0.4, -0.2) is 24.0 Å². The lowest BCUT2D eigenvalue weighted by Crippen LogP contribution is -2.30. The summed E-state index contributed by atoms with van der Waals surface area (Å²) in [6.07, 6.45) is -0.817. The molecule has 7 nitrogen and oxygen atoms in total. The van der Waals surface area contributed by atoms with Crippen molar-refractivity contribution in [1.82, 2.24) is 0 Å². The van der Waals surface area contributed by atoms with E-state index in [0.29, 0.717) is 11.5 Å². The van der Waals surface area contributed by atoms with E-state index in [-0.39, 0.29) is 11.4 Å². The predicted octanol–water partition coefficient (Wildman–Crippen LogP) is 3.63. The number of hydrogen-bond acceptors (Lipinski definition) is 5. The highest BCUT2D eigenvalue weighted by molar-refractivity contribution is 5.96. The van der Waals surface area contributed by atoms with E-state index >= 15 is 0 Å². The number of nitro benzene ring substituents is 1. The fraction of sp³-hybridized carbons (Fsp3) is 0.278. The Balaban J connectivity index is 2.14. The Morgan fingerprint density at radius 2 is 1.76 bits per heavy atom. The molecular weight excluding hydrogens is 324 g/mol. The number of nitrogens with zero attached hydrogens (tertiary/aromatic N) is 1. The summed E-state index contributed by atoms with van der Waals surface area (Å²) in [4.78, 5) is 22.9. The average molecular weight is 344 g/mol. The van der Waals surface area contributed by atoms with E-state index in [0.717, 1.165) is 11.1 Å². The van der Waals surface area contributed by atoms with Crippen LogP contribution in [0.4, 0.5) is 11.4 Å². The number of nitrogens with one attached hydrogen (secondary N) is 1. The first kappa shape index (κ1) is 18.3. The minimum Gasteiger partial charge on any atom is -0.496 e. The van der Waals surface area contributed by atoms with E-state index in [1.807, 2.05) is 32.0 Å². The molecule has 1 atom stereocenters. The first-order valence-electron chi connectivity index (χ1n) is 7.68. The molecule has 2 rings (SSSR count). The van der Waals surface area contributed by atoms with Crippen molar-refractivity contribution in [2.45, 2.75) is 26.9 Å². The number of aryl methyl sites for hydroxylation is 2. The second kappa shape index (κ2) is 7.65. The Bertz CT molecular complexity index is 784.